The Labute approximate surface area is 90.9 Å². The second-order valence-corrected chi connectivity index (χ2v) is 3.65. The quantitative estimate of drug-likeness (QED) is 0.610. The van der Waals surface area contributed by atoms with Crippen LogP contribution in [0.2, 0.25) is 0 Å². The van der Waals surface area contributed by atoms with Gasteiger partial charge in [-0.1, -0.05) is 30.3 Å². The summed E-state index contributed by atoms with van der Waals surface area (Å²) in [4.78, 5) is 14.4. The molecule has 1 aromatic carbocycles. The molecule has 0 radical (unpaired) electrons. The molecule has 5 heteroatoms. The van der Waals surface area contributed by atoms with Crippen LogP contribution in [0.1, 0.15) is 0 Å². The lowest BCUT2D eigenvalue weighted by molar-refractivity contribution is -0.109. The molecule has 2 N–H and O–H groups in total. The Morgan fingerprint density at radius 1 is 1.27 bits per heavy atom. The third-order valence-electron chi connectivity index (χ3n) is 1.81. The van der Waals surface area contributed by atoms with Gasteiger partial charge in [-0.25, -0.2) is 4.98 Å². The molecule has 0 atom stereocenters. The number of rotatable bonds is 4. The van der Waals surface area contributed by atoms with Crippen LogP contribution in [0.3, 0.4) is 0 Å². The highest BCUT2D eigenvalue weighted by atomic mass is 32.1. The van der Waals surface area contributed by atoms with Crippen molar-refractivity contribution in [2.24, 2.45) is 0 Å². The number of nitrogens with one attached hydrogen (secondary N) is 2. The van der Waals surface area contributed by atoms with E-state index in [-0.39, 0.29) is 0 Å². The van der Waals surface area contributed by atoms with E-state index in [0.29, 0.717) is 11.5 Å². The summed E-state index contributed by atoms with van der Waals surface area (Å²) >= 11 is 1.44. The third kappa shape index (κ3) is 2.32. The third-order valence-corrected chi connectivity index (χ3v) is 2.57. The smallest absolute Gasteiger partial charge is 0.225 e. The second-order valence-electron chi connectivity index (χ2n) is 2.79. The van der Waals surface area contributed by atoms with E-state index < -0.39 is 0 Å². The van der Waals surface area contributed by atoms with Gasteiger partial charge in [0.15, 0.2) is 0 Å². The maximum absolute atomic E-state index is 10.1. The number of nitrogens with zero attached hydrogens (tertiary/aromatic N) is 1. The number of hydrazine groups is 1. The second kappa shape index (κ2) is 4.56. The van der Waals surface area contributed by atoms with Gasteiger partial charge in [0.05, 0.1) is 5.69 Å². The Morgan fingerprint density at radius 3 is 2.80 bits per heavy atom. The summed E-state index contributed by atoms with van der Waals surface area (Å²) in [6.07, 6.45) is 0.573. The minimum Gasteiger partial charge on any atom is -0.277 e. The summed E-state index contributed by atoms with van der Waals surface area (Å²) in [5, 5.41) is 2.60. The van der Waals surface area contributed by atoms with E-state index in [2.05, 4.69) is 15.8 Å². The Kier molecular flexibility index (Phi) is 2.94. The standard InChI is InChI=1S/C10H9N3OS/c14-7-11-13-10-12-9(6-15-10)8-4-2-1-3-5-8/h1-7H,(H,11,14)(H,12,13). The molecule has 15 heavy (non-hydrogen) atoms. The number of hydrogen-bond acceptors (Lipinski definition) is 4. The molecular weight excluding hydrogens is 210 g/mol. The number of carbonyl (C=O) groups excluding carboxylic acids is 1. The van der Waals surface area contributed by atoms with Crippen molar-refractivity contribution in [2.45, 2.75) is 0 Å². The molecule has 0 aliphatic carbocycles. The lowest BCUT2D eigenvalue weighted by Gasteiger charge is -1.97. The van der Waals surface area contributed by atoms with Crippen LogP contribution in [0.25, 0.3) is 11.3 Å². The molecule has 0 unspecified atom stereocenters. The zero-order chi connectivity index (χ0) is 10.5. The summed E-state index contributed by atoms with van der Waals surface area (Å²) in [6, 6.07) is 9.87. The van der Waals surface area contributed by atoms with Crippen molar-refractivity contribution >= 4 is 22.9 Å². The maximum atomic E-state index is 10.1. The van der Waals surface area contributed by atoms with Gasteiger partial charge in [0, 0.05) is 10.9 Å². The Morgan fingerprint density at radius 2 is 2.07 bits per heavy atom. The van der Waals surface area contributed by atoms with E-state index in [1.807, 2.05) is 35.7 Å². The molecule has 0 saturated heterocycles. The fourth-order valence-corrected chi connectivity index (χ4v) is 1.84. The molecule has 0 spiro atoms. The van der Waals surface area contributed by atoms with Gasteiger partial charge in [0.25, 0.3) is 0 Å². The van der Waals surface area contributed by atoms with Crippen LogP contribution in [0.4, 0.5) is 5.13 Å². The van der Waals surface area contributed by atoms with Crippen molar-refractivity contribution in [1.29, 1.82) is 0 Å². The number of hydrogen-bond donors (Lipinski definition) is 2. The number of aromatic nitrogens is 1. The fraction of sp³-hybridized carbons (Fsp3) is 0. The van der Waals surface area contributed by atoms with Gasteiger partial charge < -0.3 is 0 Å². The Balaban J connectivity index is 2.17. The van der Waals surface area contributed by atoms with Crippen LogP contribution in [-0.2, 0) is 4.79 Å². The minimum atomic E-state index is 0.573. The molecule has 1 amide bonds. The normalized spacial score (nSPS) is 9.60. The molecule has 2 rings (SSSR count). The number of thiazole rings is 1. The largest absolute Gasteiger partial charge is 0.277 e. The number of carbonyl (C=O) groups is 1. The molecular formula is C10H9N3OS. The Bertz CT molecular complexity index is 441. The van der Waals surface area contributed by atoms with Gasteiger partial charge in [0.1, 0.15) is 0 Å². The molecule has 0 aliphatic heterocycles. The molecule has 0 fully saturated rings. The van der Waals surface area contributed by atoms with E-state index in [1.165, 1.54) is 11.3 Å². The van der Waals surface area contributed by atoms with Crippen molar-refractivity contribution in [3.63, 3.8) is 0 Å². The summed E-state index contributed by atoms with van der Waals surface area (Å²) in [6.45, 7) is 0. The fourth-order valence-electron chi connectivity index (χ4n) is 1.16. The van der Waals surface area contributed by atoms with E-state index in [9.17, 15) is 4.79 Å². The van der Waals surface area contributed by atoms with E-state index >= 15 is 0 Å². The first kappa shape index (κ1) is 9.67. The molecule has 0 bridgehead atoms. The highest BCUT2D eigenvalue weighted by molar-refractivity contribution is 7.14. The van der Waals surface area contributed by atoms with Crippen molar-refractivity contribution < 1.29 is 4.79 Å². The molecule has 0 aliphatic rings. The summed E-state index contributed by atoms with van der Waals surface area (Å²) in [5.41, 5.74) is 6.98. The number of amides is 1. The highest BCUT2D eigenvalue weighted by Crippen LogP contribution is 2.23. The van der Waals surface area contributed by atoms with Gasteiger partial charge in [-0.3, -0.25) is 15.6 Å². The number of benzene rings is 1. The molecule has 0 saturated carbocycles. The van der Waals surface area contributed by atoms with E-state index in [4.69, 9.17) is 0 Å². The van der Waals surface area contributed by atoms with Crippen LogP contribution < -0.4 is 10.9 Å². The van der Waals surface area contributed by atoms with E-state index in [1.54, 1.807) is 0 Å². The van der Waals surface area contributed by atoms with E-state index in [0.717, 1.165) is 11.3 Å². The predicted molar refractivity (Wildman–Crippen MR) is 60.4 cm³/mol. The van der Waals surface area contributed by atoms with Crippen LogP contribution >= 0.6 is 11.3 Å². The SMILES string of the molecule is O=CNNc1nc(-c2ccccc2)cs1. The first-order valence-electron chi connectivity index (χ1n) is 4.36. The molecule has 1 heterocycles. The lowest BCUT2D eigenvalue weighted by atomic mass is 10.2. The van der Waals surface area contributed by atoms with Gasteiger partial charge in [-0.15, -0.1) is 11.3 Å². The van der Waals surface area contributed by atoms with Gasteiger partial charge in [-0.2, -0.15) is 0 Å². The van der Waals surface area contributed by atoms with Crippen LogP contribution in [0.5, 0.6) is 0 Å². The first-order valence-corrected chi connectivity index (χ1v) is 5.24. The summed E-state index contributed by atoms with van der Waals surface area (Å²) < 4.78 is 0. The van der Waals surface area contributed by atoms with Crippen molar-refractivity contribution in [3.05, 3.63) is 35.7 Å². The van der Waals surface area contributed by atoms with Crippen LogP contribution in [0, 0.1) is 0 Å². The number of anilines is 1. The maximum Gasteiger partial charge on any atom is 0.225 e. The molecule has 1 aromatic heterocycles. The van der Waals surface area contributed by atoms with Gasteiger partial charge >= 0.3 is 0 Å². The first-order chi connectivity index (χ1) is 7.40. The predicted octanol–water partition coefficient (Wildman–Crippen LogP) is 1.88. The van der Waals surface area contributed by atoms with Crippen LogP contribution in [-0.4, -0.2) is 11.4 Å². The molecule has 2 aromatic rings. The molecule has 4 nitrogen and oxygen atoms in total. The van der Waals surface area contributed by atoms with Crippen molar-refractivity contribution in [1.82, 2.24) is 10.4 Å². The summed E-state index contributed by atoms with van der Waals surface area (Å²) in [5.74, 6) is 0. The monoisotopic (exact) mass is 219 g/mol. The average molecular weight is 219 g/mol. The zero-order valence-electron chi connectivity index (χ0n) is 7.81. The topological polar surface area (TPSA) is 54.0 Å². The van der Waals surface area contributed by atoms with Crippen LogP contribution in [0.15, 0.2) is 35.7 Å². The lowest BCUT2D eigenvalue weighted by Crippen LogP contribution is -2.18. The highest BCUT2D eigenvalue weighted by Gasteiger charge is 2.02. The average Bonchev–Trinajstić information content (AvgIpc) is 2.76. The summed E-state index contributed by atoms with van der Waals surface area (Å²) in [7, 11) is 0. The zero-order valence-corrected chi connectivity index (χ0v) is 8.62. The Hall–Kier alpha value is -1.88. The van der Waals surface area contributed by atoms with Gasteiger partial charge in [0.2, 0.25) is 11.5 Å². The van der Waals surface area contributed by atoms with Crippen molar-refractivity contribution in [3.8, 4) is 11.3 Å². The van der Waals surface area contributed by atoms with Gasteiger partial charge in [-0.05, 0) is 0 Å². The molecule has 76 valence electrons. The minimum absolute atomic E-state index is 0.573. The van der Waals surface area contributed by atoms with Crippen molar-refractivity contribution in [2.75, 3.05) is 5.43 Å².